The van der Waals surface area contributed by atoms with E-state index >= 15 is 0 Å². The molecule has 0 unspecified atom stereocenters. The van der Waals surface area contributed by atoms with Crippen LogP contribution in [-0.2, 0) is 10.0 Å². The fourth-order valence-electron chi connectivity index (χ4n) is 1.95. The van der Waals surface area contributed by atoms with E-state index in [2.05, 4.69) is 4.74 Å². The maximum atomic E-state index is 12.1. The van der Waals surface area contributed by atoms with Gasteiger partial charge in [0, 0.05) is 5.56 Å². The van der Waals surface area contributed by atoms with E-state index in [0.717, 1.165) is 6.26 Å². The zero-order chi connectivity index (χ0) is 18.7. The van der Waals surface area contributed by atoms with Gasteiger partial charge in [-0.3, -0.25) is 4.79 Å². The van der Waals surface area contributed by atoms with Gasteiger partial charge in [-0.25, -0.2) is 13.1 Å². The molecule has 2 aromatic rings. The van der Waals surface area contributed by atoms with Crippen molar-refractivity contribution in [1.29, 1.82) is 0 Å². The van der Waals surface area contributed by atoms with Gasteiger partial charge in [-0.05, 0) is 35.4 Å². The van der Waals surface area contributed by atoms with E-state index in [4.69, 9.17) is 0 Å². The molecule has 1 amide bonds. The predicted molar refractivity (Wildman–Crippen MR) is 85.7 cm³/mol. The first-order chi connectivity index (χ1) is 11.5. The zero-order valence-electron chi connectivity index (χ0n) is 13.0. The summed E-state index contributed by atoms with van der Waals surface area (Å²) in [4.78, 5) is 11.7. The second-order valence-corrected chi connectivity index (χ2v) is 6.96. The van der Waals surface area contributed by atoms with Crippen LogP contribution in [0.4, 0.5) is 13.2 Å². The maximum Gasteiger partial charge on any atom is 0.422 e. The Bertz CT molecular complexity index is 844. The molecular formula is C16H14F3NO4S. The quantitative estimate of drug-likeness (QED) is 0.875. The number of halogens is 3. The minimum Gasteiger partial charge on any atom is -0.484 e. The lowest BCUT2D eigenvalue weighted by molar-refractivity contribution is -0.153. The summed E-state index contributed by atoms with van der Waals surface area (Å²) < 4.78 is 64.8. The molecule has 1 N–H and O–H groups in total. The number of hydrogen-bond donors (Lipinski definition) is 1. The molecule has 9 heteroatoms. The van der Waals surface area contributed by atoms with E-state index < -0.39 is 28.7 Å². The number of benzene rings is 2. The molecule has 0 aliphatic heterocycles. The number of hydrogen-bond acceptors (Lipinski definition) is 4. The van der Waals surface area contributed by atoms with Gasteiger partial charge in [-0.1, -0.05) is 24.3 Å². The first-order valence-corrected chi connectivity index (χ1v) is 8.85. The smallest absolute Gasteiger partial charge is 0.422 e. The Morgan fingerprint density at radius 1 is 1.00 bits per heavy atom. The number of rotatable bonds is 5. The summed E-state index contributed by atoms with van der Waals surface area (Å²) in [7, 11) is -3.65. The minimum absolute atomic E-state index is 0.0882. The van der Waals surface area contributed by atoms with Crippen LogP contribution in [0.1, 0.15) is 10.4 Å². The van der Waals surface area contributed by atoms with Gasteiger partial charge in [0.2, 0.25) is 10.0 Å². The van der Waals surface area contributed by atoms with Gasteiger partial charge in [-0.2, -0.15) is 13.2 Å². The van der Waals surface area contributed by atoms with Gasteiger partial charge >= 0.3 is 6.18 Å². The topological polar surface area (TPSA) is 72.5 Å². The number of nitrogens with one attached hydrogen (secondary N) is 1. The van der Waals surface area contributed by atoms with Crippen molar-refractivity contribution in [3.63, 3.8) is 0 Å². The van der Waals surface area contributed by atoms with Crippen LogP contribution in [0.25, 0.3) is 11.1 Å². The molecule has 0 heterocycles. The van der Waals surface area contributed by atoms with Crippen molar-refractivity contribution in [2.24, 2.45) is 0 Å². The lowest BCUT2D eigenvalue weighted by Gasteiger charge is -2.10. The van der Waals surface area contributed by atoms with Crippen LogP contribution in [-0.4, -0.2) is 33.4 Å². The highest BCUT2D eigenvalue weighted by molar-refractivity contribution is 7.89. The van der Waals surface area contributed by atoms with Crippen LogP contribution >= 0.6 is 0 Å². The number of alkyl halides is 3. The SMILES string of the molecule is CS(=O)(=O)NC(=O)c1ccc(-c2ccc(OCC(F)(F)F)cc2)cc1. The fraction of sp³-hybridized carbons (Fsp3) is 0.188. The summed E-state index contributed by atoms with van der Waals surface area (Å²) in [6.45, 7) is -1.36. The third-order valence-corrected chi connectivity index (χ3v) is 3.57. The zero-order valence-corrected chi connectivity index (χ0v) is 13.8. The average molecular weight is 373 g/mol. The van der Waals surface area contributed by atoms with E-state index in [1.165, 1.54) is 24.3 Å². The number of ether oxygens (including phenoxy) is 1. The Labute approximate surface area is 142 Å². The fourth-order valence-corrected chi connectivity index (χ4v) is 2.40. The van der Waals surface area contributed by atoms with Gasteiger partial charge in [0.25, 0.3) is 5.91 Å². The van der Waals surface area contributed by atoms with Crippen LogP contribution in [0.3, 0.4) is 0 Å². The molecule has 2 rings (SSSR count). The van der Waals surface area contributed by atoms with Crippen LogP contribution in [0.15, 0.2) is 48.5 Å². The number of amides is 1. The Morgan fingerprint density at radius 3 is 1.92 bits per heavy atom. The first-order valence-electron chi connectivity index (χ1n) is 6.96. The Kier molecular flexibility index (Phi) is 5.36. The highest BCUT2D eigenvalue weighted by Crippen LogP contribution is 2.24. The normalized spacial score (nSPS) is 11.8. The molecule has 0 aromatic heterocycles. The monoisotopic (exact) mass is 373 g/mol. The van der Waals surface area contributed by atoms with Crippen molar-refractivity contribution in [1.82, 2.24) is 4.72 Å². The van der Waals surface area contributed by atoms with Crippen molar-refractivity contribution >= 4 is 15.9 Å². The predicted octanol–water partition coefficient (Wildman–Crippen LogP) is 2.98. The maximum absolute atomic E-state index is 12.1. The van der Waals surface area contributed by atoms with Crippen molar-refractivity contribution < 1.29 is 31.1 Å². The Morgan fingerprint density at radius 2 is 1.48 bits per heavy atom. The molecule has 0 atom stereocenters. The lowest BCUT2D eigenvalue weighted by atomic mass is 10.0. The molecule has 0 bridgehead atoms. The van der Waals surface area contributed by atoms with E-state index in [1.807, 2.05) is 4.72 Å². The summed E-state index contributed by atoms with van der Waals surface area (Å²) in [6.07, 6.45) is -3.53. The van der Waals surface area contributed by atoms with Gasteiger partial charge in [0.05, 0.1) is 6.26 Å². The number of carbonyl (C=O) groups is 1. The van der Waals surface area contributed by atoms with Crippen molar-refractivity contribution in [2.75, 3.05) is 12.9 Å². The van der Waals surface area contributed by atoms with E-state index in [-0.39, 0.29) is 11.3 Å². The largest absolute Gasteiger partial charge is 0.484 e. The van der Waals surface area contributed by atoms with Crippen LogP contribution in [0.2, 0.25) is 0 Å². The van der Waals surface area contributed by atoms with Gasteiger partial charge < -0.3 is 4.74 Å². The van der Waals surface area contributed by atoms with E-state index in [9.17, 15) is 26.4 Å². The van der Waals surface area contributed by atoms with E-state index in [0.29, 0.717) is 11.1 Å². The van der Waals surface area contributed by atoms with Crippen molar-refractivity contribution in [3.8, 4) is 16.9 Å². The van der Waals surface area contributed by atoms with E-state index in [1.54, 1.807) is 24.3 Å². The first kappa shape index (κ1) is 18.8. The molecule has 0 spiro atoms. The van der Waals surface area contributed by atoms with Crippen molar-refractivity contribution in [3.05, 3.63) is 54.1 Å². The molecule has 5 nitrogen and oxygen atoms in total. The second-order valence-electron chi connectivity index (χ2n) is 5.21. The third kappa shape index (κ3) is 6.11. The Balaban J connectivity index is 2.08. The highest BCUT2D eigenvalue weighted by Gasteiger charge is 2.28. The minimum atomic E-state index is -4.40. The molecule has 0 radical (unpaired) electrons. The summed E-state index contributed by atoms with van der Waals surface area (Å²) in [6, 6.07) is 12.1. The number of carbonyl (C=O) groups excluding carboxylic acids is 1. The molecule has 0 aliphatic carbocycles. The molecule has 134 valence electrons. The highest BCUT2D eigenvalue weighted by atomic mass is 32.2. The molecule has 0 saturated heterocycles. The number of sulfonamides is 1. The summed E-state index contributed by atoms with van der Waals surface area (Å²) in [5.41, 5.74) is 1.58. The molecule has 0 fully saturated rings. The van der Waals surface area contributed by atoms with Crippen LogP contribution < -0.4 is 9.46 Å². The average Bonchev–Trinajstić information content (AvgIpc) is 2.51. The van der Waals surface area contributed by atoms with Gasteiger partial charge in [0.1, 0.15) is 5.75 Å². The van der Waals surface area contributed by atoms with Gasteiger partial charge in [-0.15, -0.1) is 0 Å². The Hall–Kier alpha value is -2.55. The summed E-state index contributed by atoms with van der Waals surface area (Å²) in [5.74, 6) is -0.657. The van der Waals surface area contributed by atoms with Crippen LogP contribution in [0.5, 0.6) is 5.75 Å². The third-order valence-electron chi connectivity index (χ3n) is 3.02. The molecule has 0 aliphatic rings. The molecule has 25 heavy (non-hydrogen) atoms. The van der Waals surface area contributed by atoms with Crippen molar-refractivity contribution in [2.45, 2.75) is 6.18 Å². The van der Waals surface area contributed by atoms with Crippen LogP contribution in [0, 0.1) is 0 Å². The standard InChI is InChI=1S/C16H14F3NO4S/c1-25(22,23)20-15(21)13-4-2-11(3-5-13)12-6-8-14(9-7-12)24-10-16(17,18)19/h2-9H,10H2,1H3,(H,20,21). The lowest BCUT2D eigenvalue weighted by Crippen LogP contribution is -2.29. The molecule has 0 saturated carbocycles. The van der Waals surface area contributed by atoms with Gasteiger partial charge in [0.15, 0.2) is 6.61 Å². The molecule has 2 aromatic carbocycles. The second kappa shape index (κ2) is 7.14. The summed E-state index contributed by atoms with van der Waals surface area (Å²) in [5, 5.41) is 0. The molecular weight excluding hydrogens is 359 g/mol. The summed E-state index contributed by atoms with van der Waals surface area (Å²) >= 11 is 0.